The van der Waals surface area contributed by atoms with Crippen molar-refractivity contribution in [1.29, 1.82) is 0 Å². The molecule has 0 aromatic heterocycles. The van der Waals surface area contributed by atoms with E-state index in [0.717, 1.165) is 18.8 Å². The second-order valence-corrected chi connectivity index (χ2v) is 5.28. The Morgan fingerprint density at radius 1 is 1.40 bits per heavy atom. The van der Waals surface area contributed by atoms with E-state index >= 15 is 0 Å². The van der Waals surface area contributed by atoms with Gasteiger partial charge in [-0.05, 0) is 30.6 Å². The van der Waals surface area contributed by atoms with Gasteiger partial charge >= 0.3 is 6.09 Å². The van der Waals surface area contributed by atoms with Crippen LogP contribution in [-0.2, 0) is 4.74 Å². The highest BCUT2D eigenvalue weighted by molar-refractivity contribution is 5.66. The first kappa shape index (κ1) is 14.3. The van der Waals surface area contributed by atoms with Crippen molar-refractivity contribution < 1.29 is 9.53 Å². The minimum absolute atomic E-state index is 0.336. The Hall–Kier alpha value is -0.730. The predicted molar refractivity (Wildman–Crippen MR) is 62.9 cm³/mol. The highest BCUT2D eigenvalue weighted by Gasteiger charge is 2.18. The molecule has 0 spiro atoms. The molecule has 1 N–H and O–H groups in total. The van der Waals surface area contributed by atoms with E-state index in [-0.39, 0.29) is 6.09 Å². The first-order valence-corrected chi connectivity index (χ1v) is 5.69. The Balaban J connectivity index is 3.61. The molecule has 90 valence electrons. The fourth-order valence-corrected chi connectivity index (χ4v) is 2.04. The Labute approximate surface area is 93.6 Å². The molecule has 0 aliphatic rings. The second-order valence-electron chi connectivity index (χ2n) is 5.28. The summed E-state index contributed by atoms with van der Waals surface area (Å²) >= 11 is 0. The third-order valence-electron chi connectivity index (χ3n) is 2.45. The number of methoxy groups -OCH3 is 1. The molecule has 0 saturated carbocycles. The minimum Gasteiger partial charge on any atom is -0.453 e. The van der Waals surface area contributed by atoms with Crippen LogP contribution in [0.25, 0.3) is 0 Å². The third-order valence-corrected chi connectivity index (χ3v) is 2.45. The van der Waals surface area contributed by atoms with Gasteiger partial charge in [0.1, 0.15) is 0 Å². The van der Waals surface area contributed by atoms with Crippen LogP contribution in [0, 0.1) is 11.3 Å². The van der Waals surface area contributed by atoms with Gasteiger partial charge in [-0.15, -0.1) is 0 Å². The lowest BCUT2D eigenvalue weighted by Gasteiger charge is -2.26. The first-order chi connectivity index (χ1) is 6.87. The van der Waals surface area contributed by atoms with Crippen molar-refractivity contribution >= 4 is 6.09 Å². The number of rotatable bonds is 6. The van der Waals surface area contributed by atoms with Crippen molar-refractivity contribution in [2.45, 2.75) is 47.0 Å². The number of alkyl carbamates (subject to hydrolysis) is 1. The SMILES string of the molecule is COC(=O)NCCCC(C)(C)CC(C)C. The van der Waals surface area contributed by atoms with Crippen molar-refractivity contribution in [1.82, 2.24) is 5.32 Å². The van der Waals surface area contributed by atoms with Gasteiger partial charge in [-0.25, -0.2) is 4.79 Å². The molecule has 0 rings (SSSR count). The third kappa shape index (κ3) is 8.28. The van der Waals surface area contributed by atoms with Gasteiger partial charge in [0.05, 0.1) is 7.11 Å². The van der Waals surface area contributed by atoms with Gasteiger partial charge in [-0.2, -0.15) is 0 Å². The molecule has 3 nitrogen and oxygen atoms in total. The van der Waals surface area contributed by atoms with E-state index in [9.17, 15) is 4.79 Å². The Kier molecular flexibility index (Phi) is 6.37. The molecule has 0 radical (unpaired) electrons. The maximum absolute atomic E-state index is 10.8. The Morgan fingerprint density at radius 3 is 2.47 bits per heavy atom. The monoisotopic (exact) mass is 215 g/mol. The fraction of sp³-hybridized carbons (Fsp3) is 0.917. The Morgan fingerprint density at radius 2 is 2.00 bits per heavy atom. The number of hydrogen-bond acceptors (Lipinski definition) is 2. The summed E-state index contributed by atoms with van der Waals surface area (Å²) in [5.74, 6) is 0.730. The second kappa shape index (κ2) is 6.70. The number of carbonyl (C=O) groups is 1. The number of amides is 1. The van der Waals surface area contributed by atoms with Crippen LogP contribution in [0.3, 0.4) is 0 Å². The largest absolute Gasteiger partial charge is 0.453 e. The van der Waals surface area contributed by atoms with Gasteiger partial charge in [0.15, 0.2) is 0 Å². The normalized spacial score (nSPS) is 11.6. The molecule has 3 heteroatoms. The highest BCUT2D eigenvalue weighted by atomic mass is 16.5. The maximum atomic E-state index is 10.8. The maximum Gasteiger partial charge on any atom is 0.406 e. The summed E-state index contributed by atoms with van der Waals surface area (Å²) in [6, 6.07) is 0. The van der Waals surface area contributed by atoms with E-state index in [4.69, 9.17) is 0 Å². The lowest BCUT2D eigenvalue weighted by molar-refractivity contribution is 0.169. The molecule has 0 fully saturated rings. The van der Waals surface area contributed by atoms with Crippen molar-refractivity contribution in [3.63, 3.8) is 0 Å². The van der Waals surface area contributed by atoms with Crippen LogP contribution in [0.15, 0.2) is 0 Å². The van der Waals surface area contributed by atoms with Crippen LogP contribution in [0.4, 0.5) is 4.79 Å². The van der Waals surface area contributed by atoms with Crippen LogP contribution in [0.1, 0.15) is 47.0 Å². The van der Waals surface area contributed by atoms with E-state index in [1.807, 2.05) is 0 Å². The predicted octanol–water partition coefficient (Wildman–Crippen LogP) is 3.19. The molecule has 0 aromatic carbocycles. The van der Waals surface area contributed by atoms with Gasteiger partial charge in [0.2, 0.25) is 0 Å². The first-order valence-electron chi connectivity index (χ1n) is 5.69. The number of hydrogen-bond donors (Lipinski definition) is 1. The summed E-state index contributed by atoms with van der Waals surface area (Å²) < 4.78 is 4.50. The van der Waals surface area contributed by atoms with Crippen molar-refractivity contribution in [2.24, 2.45) is 11.3 Å². The van der Waals surface area contributed by atoms with E-state index in [1.165, 1.54) is 13.5 Å². The van der Waals surface area contributed by atoms with Gasteiger partial charge in [-0.1, -0.05) is 27.7 Å². The topological polar surface area (TPSA) is 38.3 Å². The summed E-state index contributed by atoms with van der Waals surface area (Å²) in [6.45, 7) is 9.76. The molecule has 1 amide bonds. The van der Waals surface area contributed by atoms with Gasteiger partial charge < -0.3 is 10.1 Å². The zero-order valence-corrected chi connectivity index (χ0v) is 10.7. The standard InChI is InChI=1S/C12H25NO2/c1-10(2)9-12(3,4)7-6-8-13-11(14)15-5/h10H,6-9H2,1-5H3,(H,13,14). The van der Waals surface area contributed by atoms with Gasteiger partial charge in [0, 0.05) is 6.54 Å². The van der Waals surface area contributed by atoms with Gasteiger partial charge in [-0.3, -0.25) is 0 Å². The molecular weight excluding hydrogens is 190 g/mol. The van der Waals surface area contributed by atoms with E-state index in [1.54, 1.807) is 0 Å². The van der Waals surface area contributed by atoms with Crippen LogP contribution < -0.4 is 5.32 Å². The minimum atomic E-state index is -0.336. The summed E-state index contributed by atoms with van der Waals surface area (Å²) in [6.07, 6.45) is 3.03. The van der Waals surface area contributed by atoms with Gasteiger partial charge in [0.25, 0.3) is 0 Å². The van der Waals surface area contributed by atoms with E-state index in [2.05, 4.69) is 37.7 Å². The van der Waals surface area contributed by atoms with Crippen molar-refractivity contribution in [2.75, 3.05) is 13.7 Å². The van der Waals surface area contributed by atoms with Crippen molar-refractivity contribution in [3.8, 4) is 0 Å². The Bertz CT molecular complexity index is 188. The zero-order chi connectivity index (χ0) is 11.9. The lowest BCUT2D eigenvalue weighted by atomic mass is 9.80. The quantitative estimate of drug-likeness (QED) is 0.691. The number of nitrogens with one attached hydrogen (secondary N) is 1. The van der Waals surface area contributed by atoms with E-state index in [0.29, 0.717) is 12.0 Å². The molecule has 0 aliphatic heterocycles. The van der Waals surface area contributed by atoms with Crippen LogP contribution in [0.2, 0.25) is 0 Å². The molecule has 0 heterocycles. The summed E-state index contributed by atoms with van der Waals surface area (Å²) in [5, 5.41) is 2.70. The molecule has 0 unspecified atom stereocenters. The number of carbonyl (C=O) groups excluding carboxylic acids is 1. The molecule has 15 heavy (non-hydrogen) atoms. The van der Waals surface area contributed by atoms with E-state index < -0.39 is 0 Å². The zero-order valence-electron chi connectivity index (χ0n) is 10.7. The molecular formula is C12H25NO2. The average molecular weight is 215 g/mol. The molecule has 0 saturated heterocycles. The summed E-state index contributed by atoms with van der Waals surface area (Å²) in [5.41, 5.74) is 0.367. The summed E-state index contributed by atoms with van der Waals surface area (Å²) in [4.78, 5) is 10.8. The molecule has 0 bridgehead atoms. The molecule has 0 aliphatic carbocycles. The van der Waals surface area contributed by atoms with Crippen LogP contribution in [-0.4, -0.2) is 19.7 Å². The highest BCUT2D eigenvalue weighted by Crippen LogP contribution is 2.29. The molecule has 0 atom stereocenters. The summed E-state index contributed by atoms with van der Waals surface area (Å²) in [7, 11) is 1.39. The fourth-order valence-electron chi connectivity index (χ4n) is 2.04. The molecule has 0 aromatic rings. The van der Waals surface area contributed by atoms with Crippen LogP contribution >= 0.6 is 0 Å². The van der Waals surface area contributed by atoms with Crippen molar-refractivity contribution in [3.05, 3.63) is 0 Å². The lowest BCUT2D eigenvalue weighted by Crippen LogP contribution is -2.25. The number of ether oxygens (including phenoxy) is 1. The van der Waals surface area contributed by atoms with Crippen LogP contribution in [0.5, 0.6) is 0 Å². The average Bonchev–Trinajstić information content (AvgIpc) is 2.10. The smallest absolute Gasteiger partial charge is 0.406 e.